The molecule has 1 saturated heterocycles. The summed E-state index contributed by atoms with van der Waals surface area (Å²) in [6, 6.07) is 10.1. The van der Waals surface area contributed by atoms with Crippen LogP contribution >= 0.6 is 36.2 Å². The lowest BCUT2D eigenvalue weighted by molar-refractivity contribution is 0.0762. The van der Waals surface area contributed by atoms with E-state index in [-0.39, 0.29) is 48.8 Å². The van der Waals surface area contributed by atoms with Gasteiger partial charge in [0.1, 0.15) is 16.0 Å². The zero-order chi connectivity index (χ0) is 17.1. The molecule has 1 aromatic carbocycles. The summed E-state index contributed by atoms with van der Waals surface area (Å²) in [5.74, 6) is 0.196. The number of likely N-dealkylation sites (tertiary alicyclic amines) is 1. The Balaban J connectivity index is 0.00000169. The van der Waals surface area contributed by atoms with E-state index >= 15 is 0 Å². The van der Waals surface area contributed by atoms with Gasteiger partial charge in [0.05, 0.1) is 6.20 Å². The van der Waals surface area contributed by atoms with Gasteiger partial charge in [0.2, 0.25) is 0 Å². The third-order valence-electron chi connectivity index (χ3n) is 4.38. The van der Waals surface area contributed by atoms with Gasteiger partial charge in [-0.2, -0.15) is 0 Å². The van der Waals surface area contributed by atoms with Gasteiger partial charge in [0.25, 0.3) is 5.91 Å². The van der Waals surface area contributed by atoms with Crippen molar-refractivity contribution < 1.29 is 9.53 Å². The van der Waals surface area contributed by atoms with Crippen LogP contribution in [-0.2, 0) is 4.74 Å². The van der Waals surface area contributed by atoms with E-state index in [0.29, 0.717) is 24.6 Å². The van der Waals surface area contributed by atoms with Crippen LogP contribution in [0.5, 0.6) is 0 Å². The maximum atomic E-state index is 12.8. The van der Waals surface area contributed by atoms with Crippen molar-refractivity contribution in [3.63, 3.8) is 0 Å². The summed E-state index contributed by atoms with van der Waals surface area (Å²) in [7, 11) is 0. The first-order valence-electron chi connectivity index (χ1n) is 8.27. The molecule has 1 amide bonds. The van der Waals surface area contributed by atoms with E-state index in [9.17, 15) is 4.79 Å². The quantitative estimate of drug-likeness (QED) is 0.805. The number of thiazole rings is 1. The number of aromatic nitrogens is 1. The molecule has 0 saturated carbocycles. The molecule has 0 radical (unpaired) electrons. The lowest BCUT2D eigenvalue weighted by Crippen LogP contribution is -2.31. The maximum absolute atomic E-state index is 12.8. The first kappa shape index (κ1) is 22.9. The highest BCUT2D eigenvalue weighted by molar-refractivity contribution is 7.13. The SMILES string of the molecule is CCOC(C)c1ncc(C(=O)N2C[C@@H](N)[C@H](c3ccccc3)C2)s1.Cl.Cl. The second kappa shape index (κ2) is 10.2. The van der Waals surface area contributed by atoms with Gasteiger partial charge in [-0.05, 0) is 19.4 Å². The third kappa shape index (κ3) is 4.96. The Bertz CT molecular complexity index is 699. The number of halogens is 2. The number of nitrogens with two attached hydrogens (primary N) is 1. The molecule has 0 bridgehead atoms. The van der Waals surface area contributed by atoms with Gasteiger partial charge in [-0.15, -0.1) is 36.2 Å². The summed E-state index contributed by atoms with van der Waals surface area (Å²) in [5, 5.41) is 0.836. The predicted molar refractivity (Wildman–Crippen MR) is 110 cm³/mol. The van der Waals surface area contributed by atoms with Crippen LogP contribution in [0.4, 0.5) is 0 Å². The van der Waals surface area contributed by atoms with Gasteiger partial charge >= 0.3 is 0 Å². The molecule has 144 valence electrons. The Hall–Kier alpha value is -1.18. The zero-order valence-corrected chi connectivity index (χ0v) is 17.3. The second-order valence-electron chi connectivity index (χ2n) is 6.05. The second-order valence-corrected chi connectivity index (χ2v) is 7.11. The Morgan fingerprint density at radius 2 is 2.04 bits per heavy atom. The average molecular weight is 418 g/mol. The first-order valence-corrected chi connectivity index (χ1v) is 9.09. The normalized spacial score (nSPS) is 20.2. The Morgan fingerprint density at radius 3 is 2.69 bits per heavy atom. The number of amides is 1. The standard InChI is InChI=1S/C18H23N3O2S.2ClH/c1-3-23-12(2)17-20-9-16(24-17)18(22)21-10-14(15(19)11-21)13-7-5-4-6-8-13;;/h4-9,12,14-15H,3,10-11,19H2,1-2H3;2*1H/t12?,14-,15+;;/m0../s1. The minimum atomic E-state index is -0.0838. The number of rotatable bonds is 5. The number of carbonyl (C=O) groups excluding carboxylic acids is 1. The highest BCUT2D eigenvalue weighted by Gasteiger charge is 2.34. The van der Waals surface area contributed by atoms with Gasteiger partial charge < -0.3 is 15.4 Å². The highest BCUT2D eigenvalue weighted by Crippen LogP contribution is 2.29. The first-order chi connectivity index (χ1) is 11.6. The Labute approximate surface area is 170 Å². The summed E-state index contributed by atoms with van der Waals surface area (Å²) in [4.78, 5) is 19.6. The van der Waals surface area contributed by atoms with Crippen molar-refractivity contribution in [2.45, 2.75) is 31.9 Å². The smallest absolute Gasteiger partial charge is 0.265 e. The molecule has 2 heterocycles. The van der Waals surface area contributed by atoms with Crippen LogP contribution in [0, 0.1) is 0 Å². The molecule has 1 unspecified atom stereocenters. The summed E-state index contributed by atoms with van der Waals surface area (Å²) in [6.45, 7) is 5.76. The van der Waals surface area contributed by atoms with Crippen LogP contribution in [0.1, 0.15) is 46.1 Å². The number of hydrogen-bond acceptors (Lipinski definition) is 5. The van der Waals surface area contributed by atoms with Gasteiger partial charge in [0.15, 0.2) is 0 Å². The van der Waals surface area contributed by atoms with Gasteiger partial charge in [-0.25, -0.2) is 4.98 Å². The number of carbonyl (C=O) groups is 1. The summed E-state index contributed by atoms with van der Waals surface area (Å²) >= 11 is 1.41. The van der Waals surface area contributed by atoms with Crippen LogP contribution in [0.3, 0.4) is 0 Å². The van der Waals surface area contributed by atoms with Crippen molar-refractivity contribution in [3.05, 3.63) is 52.0 Å². The van der Waals surface area contributed by atoms with E-state index in [2.05, 4.69) is 17.1 Å². The molecule has 1 aliphatic heterocycles. The molecule has 8 heteroatoms. The van der Waals surface area contributed by atoms with Crippen LogP contribution in [0.15, 0.2) is 36.5 Å². The van der Waals surface area contributed by atoms with Crippen molar-refractivity contribution in [2.75, 3.05) is 19.7 Å². The molecule has 1 aromatic heterocycles. The lowest BCUT2D eigenvalue weighted by Gasteiger charge is -2.15. The van der Waals surface area contributed by atoms with Crippen molar-refractivity contribution in [1.29, 1.82) is 0 Å². The monoisotopic (exact) mass is 417 g/mol. The molecular weight excluding hydrogens is 393 g/mol. The molecule has 0 aliphatic carbocycles. The van der Waals surface area contributed by atoms with Gasteiger partial charge in [-0.3, -0.25) is 4.79 Å². The molecule has 26 heavy (non-hydrogen) atoms. The van der Waals surface area contributed by atoms with Crippen molar-refractivity contribution >= 4 is 42.1 Å². The van der Waals surface area contributed by atoms with Crippen molar-refractivity contribution in [3.8, 4) is 0 Å². The van der Waals surface area contributed by atoms with E-state index in [0.717, 1.165) is 5.01 Å². The van der Waals surface area contributed by atoms with Crippen LogP contribution in [0.25, 0.3) is 0 Å². The molecule has 3 atom stereocenters. The minimum Gasteiger partial charge on any atom is -0.372 e. The van der Waals surface area contributed by atoms with Crippen LogP contribution in [-0.4, -0.2) is 41.5 Å². The number of ether oxygens (including phenoxy) is 1. The summed E-state index contributed by atoms with van der Waals surface area (Å²) in [5.41, 5.74) is 7.47. The minimum absolute atomic E-state index is 0. The lowest BCUT2D eigenvalue weighted by atomic mass is 9.95. The fraction of sp³-hybridized carbons (Fsp3) is 0.444. The van der Waals surface area contributed by atoms with Crippen LogP contribution in [0.2, 0.25) is 0 Å². The fourth-order valence-corrected chi connectivity index (χ4v) is 3.99. The molecule has 2 aromatic rings. The Kier molecular flexibility index (Phi) is 9.00. The topological polar surface area (TPSA) is 68.5 Å². The Morgan fingerprint density at radius 1 is 1.35 bits per heavy atom. The number of nitrogens with zero attached hydrogens (tertiary/aromatic N) is 2. The molecule has 5 nitrogen and oxygen atoms in total. The number of benzene rings is 1. The number of hydrogen-bond donors (Lipinski definition) is 1. The summed E-state index contributed by atoms with van der Waals surface area (Å²) in [6.07, 6.45) is 1.57. The molecular formula is C18H25Cl2N3O2S. The zero-order valence-electron chi connectivity index (χ0n) is 14.8. The molecule has 0 spiro atoms. The molecule has 2 N–H and O–H groups in total. The van der Waals surface area contributed by atoms with E-state index in [1.54, 1.807) is 6.20 Å². The average Bonchev–Trinajstić information content (AvgIpc) is 3.22. The predicted octanol–water partition coefficient (Wildman–Crippen LogP) is 3.65. The largest absolute Gasteiger partial charge is 0.372 e. The third-order valence-corrected chi connectivity index (χ3v) is 5.53. The van der Waals surface area contributed by atoms with Crippen molar-refractivity contribution in [1.82, 2.24) is 9.88 Å². The van der Waals surface area contributed by atoms with E-state index in [1.807, 2.05) is 36.9 Å². The van der Waals surface area contributed by atoms with E-state index in [1.165, 1.54) is 16.9 Å². The molecule has 3 rings (SSSR count). The highest BCUT2D eigenvalue weighted by atomic mass is 35.5. The summed E-state index contributed by atoms with van der Waals surface area (Å²) < 4.78 is 5.54. The van der Waals surface area contributed by atoms with Crippen molar-refractivity contribution in [2.24, 2.45) is 5.73 Å². The molecule has 1 fully saturated rings. The van der Waals surface area contributed by atoms with Gasteiger partial charge in [0, 0.05) is 31.7 Å². The van der Waals surface area contributed by atoms with E-state index in [4.69, 9.17) is 10.5 Å². The molecule has 1 aliphatic rings. The maximum Gasteiger partial charge on any atom is 0.265 e. The van der Waals surface area contributed by atoms with Gasteiger partial charge in [-0.1, -0.05) is 30.3 Å². The fourth-order valence-electron chi connectivity index (χ4n) is 3.10. The van der Waals surface area contributed by atoms with E-state index < -0.39 is 0 Å². The van der Waals surface area contributed by atoms with Crippen LogP contribution < -0.4 is 5.73 Å².